The first kappa shape index (κ1) is 26.7. The monoisotopic (exact) mass is 480 g/mol. The Morgan fingerprint density at radius 2 is 1.76 bits per heavy atom. The topological polar surface area (TPSA) is 95.9 Å². The summed E-state index contributed by atoms with van der Waals surface area (Å²) in [7, 11) is 1.12. The van der Waals surface area contributed by atoms with E-state index in [1.807, 2.05) is 0 Å². The number of carbonyl (C=O) groups is 3. The number of hydrogen-bond acceptors (Lipinski definition) is 4. The van der Waals surface area contributed by atoms with Crippen LogP contribution in [-0.2, 0) is 22.6 Å². The molecule has 1 atom stereocenters. The molecule has 0 heterocycles. The minimum atomic E-state index is -4.91. The van der Waals surface area contributed by atoms with Gasteiger partial charge >= 0.3 is 18.1 Å². The van der Waals surface area contributed by atoms with Crippen LogP contribution >= 0.6 is 0 Å². The van der Waals surface area contributed by atoms with Crippen molar-refractivity contribution in [3.63, 3.8) is 0 Å². The average Bonchev–Trinajstić information content (AvgIpc) is 2.79. The number of nitrogens with zero attached hydrogens (tertiary/aromatic N) is 1. The number of nitrogens with one attached hydrogen (secondary N) is 1. The maximum Gasteiger partial charge on any atom is 0.471 e. The highest BCUT2D eigenvalue weighted by Gasteiger charge is 2.42. The van der Waals surface area contributed by atoms with E-state index in [9.17, 15) is 27.6 Å². The number of hydrogen-bond donors (Lipinski definition) is 2. The lowest BCUT2D eigenvalue weighted by Gasteiger charge is -2.26. The first-order chi connectivity index (χ1) is 16.0. The molecule has 2 rings (SSSR count). The Morgan fingerprint density at radius 1 is 1.09 bits per heavy atom. The standard InChI is InChI=1S/C24H27F3N2O5/c1-16(29(2)23(33)24(25,26)27)13-18-5-3-6-20(14-18)34-12-4-7-21(30)28-15-17-8-10-19(11-9-17)22(31)32/h3,5-6,8-11,14,16H,4,7,12-13,15H2,1-2H3,(H,28,30)(H,31,32)/t16-/m0/s1. The molecule has 0 saturated carbocycles. The molecule has 0 aliphatic rings. The molecule has 2 aromatic carbocycles. The molecule has 0 radical (unpaired) electrons. The van der Waals surface area contributed by atoms with E-state index in [1.165, 1.54) is 19.1 Å². The van der Waals surface area contributed by atoms with Crippen molar-refractivity contribution in [2.75, 3.05) is 13.7 Å². The van der Waals surface area contributed by atoms with Crippen LogP contribution < -0.4 is 10.1 Å². The van der Waals surface area contributed by atoms with Crippen molar-refractivity contribution >= 4 is 17.8 Å². The number of aromatic carboxylic acids is 1. The van der Waals surface area contributed by atoms with E-state index in [0.717, 1.165) is 18.2 Å². The molecule has 34 heavy (non-hydrogen) atoms. The molecule has 0 unspecified atom stereocenters. The van der Waals surface area contributed by atoms with Crippen molar-refractivity contribution in [3.05, 3.63) is 65.2 Å². The fraction of sp³-hybridized carbons (Fsp3) is 0.375. The third-order valence-electron chi connectivity index (χ3n) is 5.16. The number of likely N-dealkylation sites (N-methyl/N-ethyl adjacent to an activating group) is 1. The van der Waals surface area contributed by atoms with Gasteiger partial charge < -0.3 is 20.1 Å². The molecule has 0 bridgehead atoms. The van der Waals surface area contributed by atoms with Gasteiger partial charge in [-0.25, -0.2) is 4.79 Å². The Kier molecular flexibility index (Phi) is 9.47. The van der Waals surface area contributed by atoms with Crippen molar-refractivity contribution in [1.82, 2.24) is 10.2 Å². The van der Waals surface area contributed by atoms with Crippen molar-refractivity contribution in [1.29, 1.82) is 0 Å². The van der Waals surface area contributed by atoms with Crippen LogP contribution in [0.4, 0.5) is 13.2 Å². The second kappa shape index (κ2) is 12.1. The van der Waals surface area contributed by atoms with Gasteiger partial charge in [-0.15, -0.1) is 0 Å². The van der Waals surface area contributed by atoms with Gasteiger partial charge in [-0.2, -0.15) is 13.2 Å². The fourth-order valence-electron chi connectivity index (χ4n) is 3.12. The van der Waals surface area contributed by atoms with Gasteiger partial charge in [0.05, 0.1) is 12.2 Å². The quantitative estimate of drug-likeness (QED) is 0.477. The minimum Gasteiger partial charge on any atom is -0.494 e. The Bertz CT molecular complexity index is 993. The van der Waals surface area contributed by atoms with Crippen LogP contribution in [0.1, 0.15) is 41.3 Å². The third kappa shape index (κ3) is 8.42. The van der Waals surface area contributed by atoms with Crippen LogP contribution in [0.25, 0.3) is 0 Å². The van der Waals surface area contributed by atoms with Gasteiger partial charge in [0.25, 0.3) is 0 Å². The molecule has 184 valence electrons. The van der Waals surface area contributed by atoms with E-state index in [2.05, 4.69) is 5.32 Å². The van der Waals surface area contributed by atoms with E-state index < -0.39 is 24.1 Å². The molecule has 2 N–H and O–H groups in total. The van der Waals surface area contributed by atoms with Crippen molar-refractivity contribution in [2.45, 2.75) is 44.9 Å². The molecular weight excluding hydrogens is 453 g/mol. The number of carboxylic acid groups (broad SMARTS) is 1. The van der Waals surface area contributed by atoms with Gasteiger partial charge in [0.1, 0.15) is 5.75 Å². The van der Waals surface area contributed by atoms with E-state index in [0.29, 0.717) is 17.1 Å². The molecule has 7 nitrogen and oxygen atoms in total. The zero-order valence-corrected chi connectivity index (χ0v) is 18.9. The summed E-state index contributed by atoms with van der Waals surface area (Å²) in [5.41, 5.74) is 1.68. The van der Waals surface area contributed by atoms with E-state index in [1.54, 1.807) is 36.4 Å². The molecule has 10 heteroatoms. The normalized spacial score (nSPS) is 12.0. The Balaban J connectivity index is 1.73. The molecular formula is C24H27F3N2O5. The largest absolute Gasteiger partial charge is 0.494 e. The average molecular weight is 480 g/mol. The highest BCUT2D eigenvalue weighted by molar-refractivity contribution is 5.87. The second-order valence-electron chi connectivity index (χ2n) is 7.85. The number of carbonyl (C=O) groups excluding carboxylic acids is 2. The fourth-order valence-corrected chi connectivity index (χ4v) is 3.12. The van der Waals surface area contributed by atoms with Crippen LogP contribution in [-0.4, -0.2) is 53.7 Å². The molecule has 0 aromatic heterocycles. The summed E-state index contributed by atoms with van der Waals surface area (Å²) >= 11 is 0. The summed E-state index contributed by atoms with van der Waals surface area (Å²) in [4.78, 5) is 34.9. The number of amides is 2. The van der Waals surface area contributed by atoms with E-state index >= 15 is 0 Å². The summed E-state index contributed by atoms with van der Waals surface area (Å²) in [5, 5.41) is 11.6. The smallest absolute Gasteiger partial charge is 0.471 e. The van der Waals surface area contributed by atoms with Gasteiger partial charge in [-0.3, -0.25) is 9.59 Å². The molecule has 0 aliphatic carbocycles. The number of alkyl halides is 3. The highest BCUT2D eigenvalue weighted by Crippen LogP contribution is 2.21. The van der Waals surface area contributed by atoms with Crippen molar-refractivity contribution in [2.24, 2.45) is 0 Å². The van der Waals surface area contributed by atoms with E-state index in [4.69, 9.17) is 9.84 Å². The molecule has 0 spiro atoms. The van der Waals surface area contributed by atoms with Gasteiger partial charge in [0.2, 0.25) is 5.91 Å². The summed E-state index contributed by atoms with van der Waals surface area (Å²) in [5.74, 6) is -2.55. The molecule has 0 aliphatic heterocycles. The summed E-state index contributed by atoms with van der Waals surface area (Å²) < 4.78 is 43.5. The SMILES string of the molecule is C[C@@H](Cc1cccc(OCCCC(=O)NCc2ccc(C(=O)O)cc2)c1)N(C)C(=O)C(F)(F)F. The highest BCUT2D eigenvalue weighted by atomic mass is 19.4. The first-order valence-corrected chi connectivity index (χ1v) is 10.6. The first-order valence-electron chi connectivity index (χ1n) is 10.6. The number of halogens is 3. The van der Waals surface area contributed by atoms with Crippen LogP contribution in [0, 0.1) is 0 Å². The van der Waals surface area contributed by atoms with Crippen molar-refractivity contribution in [3.8, 4) is 5.75 Å². The van der Waals surface area contributed by atoms with Crippen LogP contribution in [0.3, 0.4) is 0 Å². The Morgan fingerprint density at radius 3 is 2.38 bits per heavy atom. The summed E-state index contributed by atoms with van der Waals surface area (Å²) in [6, 6.07) is 12.4. The van der Waals surface area contributed by atoms with Crippen molar-refractivity contribution < 1.29 is 37.4 Å². The lowest BCUT2D eigenvalue weighted by molar-refractivity contribution is -0.185. The molecule has 0 fully saturated rings. The summed E-state index contributed by atoms with van der Waals surface area (Å²) in [6.07, 6.45) is -4.00. The van der Waals surface area contributed by atoms with Crippen LogP contribution in [0.15, 0.2) is 48.5 Å². The second-order valence-corrected chi connectivity index (χ2v) is 7.85. The predicted molar refractivity (Wildman–Crippen MR) is 118 cm³/mol. The molecule has 0 saturated heterocycles. The zero-order chi connectivity index (χ0) is 25.3. The van der Waals surface area contributed by atoms with E-state index in [-0.39, 0.29) is 37.5 Å². The maximum absolute atomic E-state index is 12.6. The zero-order valence-electron chi connectivity index (χ0n) is 18.9. The molecule has 2 amide bonds. The third-order valence-corrected chi connectivity index (χ3v) is 5.16. The molecule has 2 aromatic rings. The Hall–Kier alpha value is -3.56. The maximum atomic E-state index is 12.6. The van der Waals surface area contributed by atoms with Gasteiger partial charge in [0.15, 0.2) is 0 Å². The number of ether oxygens (including phenoxy) is 1. The lowest BCUT2D eigenvalue weighted by atomic mass is 10.1. The van der Waals surface area contributed by atoms with Gasteiger partial charge in [-0.1, -0.05) is 24.3 Å². The van der Waals surface area contributed by atoms with Gasteiger partial charge in [0, 0.05) is 26.1 Å². The number of benzene rings is 2. The Labute approximate surface area is 195 Å². The van der Waals surface area contributed by atoms with Crippen LogP contribution in [0.2, 0.25) is 0 Å². The lowest BCUT2D eigenvalue weighted by Crippen LogP contribution is -2.44. The van der Waals surface area contributed by atoms with Gasteiger partial charge in [-0.05, 0) is 55.2 Å². The predicted octanol–water partition coefficient (Wildman–Crippen LogP) is 3.81. The summed E-state index contributed by atoms with van der Waals surface area (Å²) in [6.45, 7) is 2.09. The van der Waals surface area contributed by atoms with Crippen LogP contribution in [0.5, 0.6) is 5.75 Å². The number of rotatable bonds is 11. The minimum absolute atomic E-state index is 0.174. The number of carboxylic acids is 1.